The Kier molecular flexibility index (Phi) is 2.86. The topological polar surface area (TPSA) is 48.1 Å². The number of nitrogens with zero attached hydrogens (tertiary/aromatic N) is 1. The molecule has 1 aromatic heterocycles. The number of benzene rings is 2. The van der Waals surface area contributed by atoms with Gasteiger partial charge in [0, 0.05) is 24.1 Å². The molecule has 104 valence electrons. The molecular weight excluding hydrogens is 260 g/mol. The molecule has 3 aromatic rings. The van der Waals surface area contributed by atoms with Crippen LogP contribution in [0.25, 0.3) is 10.9 Å². The summed E-state index contributed by atoms with van der Waals surface area (Å²) in [6, 6.07) is 18.2. The van der Waals surface area contributed by atoms with Crippen LogP contribution in [-0.4, -0.2) is 11.1 Å². The van der Waals surface area contributed by atoms with Gasteiger partial charge in [0.2, 0.25) is 0 Å². The third-order valence-corrected chi connectivity index (χ3v) is 4.10. The summed E-state index contributed by atoms with van der Waals surface area (Å²) in [5.41, 5.74) is 9.74. The van der Waals surface area contributed by atoms with Crippen LogP contribution < -0.4 is 10.5 Å². The first-order chi connectivity index (χ1) is 10.3. The largest absolute Gasteiger partial charge is 0.488 e. The van der Waals surface area contributed by atoms with Gasteiger partial charge in [-0.1, -0.05) is 30.3 Å². The van der Waals surface area contributed by atoms with Crippen molar-refractivity contribution in [3.63, 3.8) is 0 Å². The number of hydrogen-bond donors (Lipinski definition) is 1. The molecule has 0 saturated carbocycles. The summed E-state index contributed by atoms with van der Waals surface area (Å²) in [5.74, 6) is 0.828. The highest BCUT2D eigenvalue weighted by Crippen LogP contribution is 2.32. The van der Waals surface area contributed by atoms with Gasteiger partial charge in [0.25, 0.3) is 0 Å². The predicted molar refractivity (Wildman–Crippen MR) is 83.2 cm³/mol. The minimum Gasteiger partial charge on any atom is -0.488 e. The molecule has 2 aromatic carbocycles. The Morgan fingerprint density at radius 1 is 1.05 bits per heavy atom. The molecule has 0 saturated heterocycles. The molecule has 2 N–H and O–H groups in total. The monoisotopic (exact) mass is 276 g/mol. The van der Waals surface area contributed by atoms with Crippen LogP contribution in [-0.2, 0) is 6.42 Å². The summed E-state index contributed by atoms with van der Waals surface area (Å²) in [7, 11) is 0. The quantitative estimate of drug-likeness (QED) is 0.781. The van der Waals surface area contributed by atoms with Gasteiger partial charge in [-0.2, -0.15) is 0 Å². The minimum absolute atomic E-state index is 0.0106. The van der Waals surface area contributed by atoms with E-state index in [1.165, 1.54) is 11.1 Å². The fraction of sp³-hybridized carbons (Fsp3) is 0.167. The summed E-state index contributed by atoms with van der Waals surface area (Å²) in [6.45, 7) is 0. The molecule has 4 rings (SSSR count). The maximum absolute atomic E-state index is 6.31. The molecule has 3 heteroatoms. The molecule has 0 spiro atoms. The first kappa shape index (κ1) is 12.4. The number of fused-ring (bicyclic) bond motifs is 2. The second-order valence-electron chi connectivity index (χ2n) is 5.44. The lowest BCUT2D eigenvalue weighted by Crippen LogP contribution is -2.27. The number of nitrogens with two attached hydrogens (primary N) is 1. The summed E-state index contributed by atoms with van der Waals surface area (Å²) in [5, 5.41) is 1.11. The first-order valence-electron chi connectivity index (χ1n) is 7.16. The average molecular weight is 276 g/mol. The lowest BCUT2D eigenvalue weighted by molar-refractivity contribution is 0.185. The van der Waals surface area contributed by atoms with Gasteiger partial charge in [-0.3, -0.25) is 4.98 Å². The van der Waals surface area contributed by atoms with Crippen molar-refractivity contribution in [1.29, 1.82) is 0 Å². The molecule has 0 fully saturated rings. The number of rotatable bonds is 2. The Bertz CT molecular complexity index is 800. The van der Waals surface area contributed by atoms with Gasteiger partial charge >= 0.3 is 0 Å². The summed E-state index contributed by atoms with van der Waals surface area (Å²) in [6.07, 6.45) is 2.64. The zero-order valence-electron chi connectivity index (χ0n) is 11.6. The van der Waals surface area contributed by atoms with E-state index in [9.17, 15) is 0 Å². The minimum atomic E-state index is -0.0689. The van der Waals surface area contributed by atoms with Gasteiger partial charge in [-0.15, -0.1) is 0 Å². The summed E-state index contributed by atoms with van der Waals surface area (Å²) in [4.78, 5) is 4.36. The molecule has 2 atom stereocenters. The van der Waals surface area contributed by atoms with Crippen molar-refractivity contribution in [2.75, 3.05) is 0 Å². The van der Waals surface area contributed by atoms with E-state index in [1.54, 1.807) is 6.20 Å². The molecule has 2 unspecified atom stereocenters. The lowest BCUT2D eigenvalue weighted by Gasteiger charge is -2.18. The second kappa shape index (κ2) is 4.86. The van der Waals surface area contributed by atoms with Crippen LogP contribution in [0, 0.1) is 0 Å². The smallest absolute Gasteiger partial charge is 0.122 e. The maximum atomic E-state index is 6.31. The number of ether oxygens (including phenoxy) is 1. The molecule has 0 amide bonds. The van der Waals surface area contributed by atoms with Crippen molar-refractivity contribution >= 4 is 10.9 Å². The third kappa shape index (κ3) is 2.16. The molecule has 3 nitrogen and oxygen atoms in total. The van der Waals surface area contributed by atoms with Crippen molar-refractivity contribution in [3.05, 3.63) is 71.9 Å². The van der Waals surface area contributed by atoms with E-state index < -0.39 is 0 Å². The highest BCUT2D eigenvalue weighted by atomic mass is 16.5. The molecule has 0 aliphatic heterocycles. The zero-order chi connectivity index (χ0) is 14.2. The zero-order valence-corrected chi connectivity index (χ0v) is 11.6. The number of pyridine rings is 1. The van der Waals surface area contributed by atoms with E-state index in [-0.39, 0.29) is 12.1 Å². The normalized spacial score (nSPS) is 20.4. The van der Waals surface area contributed by atoms with Crippen LogP contribution in [0.2, 0.25) is 0 Å². The molecular formula is C18H16N2O. The van der Waals surface area contributed by atoms with Crippen LogP contribution >= 0.6 is 0 Å². The van der Waals surface area contributed by atoms with Crippen LogP contribution in [0.5, 0.6) is 5.75 Å². The van der Waals surface area contributed by atoms with Crippen molar-refractivity contribution in [2.45, 2.75) is 18.6 Å². The van der Waals surface area contributed by atoms with E-state index >= 15 is 0 Å². The fourth-order valence-electron chi connectivity index (χ4n) is 3.00. The number of hydrogen-bond acceptors (Lipinski definition) is 3. The predicted octanol–water partition coefficient (Wildman–Crippen LogP) is 3.24. The first-order valence-corrected chi connectivity index (χ1v) is 7.16. The van der Waals surface area contributed by atoms with Crippen LogP contribution in [0.4, 0.5) is 0 Å². The lowest BCUT2D eigenvalue weighted by atomic mass is 10.1. The van der Waals surface area contributed by atoms with Crippen LogP contribution in [0.1, 0.15) is 17.2 Å². The number of aromatic nitrogens is 1. The Morgan fingerprint density at radius 3 is 2.86 bits per heavy atom. The summed E-state index contributed by atoms with van der Waals surface area (Å²) < 4.78 is 6.11. The molecule has 0 radical (unpaired) electrons. The Hall–Kier alpha value is -2.39. The van der Waals surface area contributed by atoms with Gasteiger partial charge < -0.3 is 10.5 Å². The molecule has 1 aliphatic rings. The van der Waals surface area contributed by atoms with Crippen LogP contribution in [0.3, 0.4) is 0 Å². The van der Waals surface area contributed by atoms with Gasteiger partial charge in [-0.05, 0) is 29.3 Å². The average Bonchev–Trinajstić information content (AvgIpc) is 2.84. The SMILES string of the molecule is NC1c2ccccc2CC1Oc1ccc2cccnc2c1. The van der Waals surface area contributed by atoms with Gasteiger partial charge in [0.15, 0.2) is 0 Å². The second-order valence-corrected chi connectivity index (χ2v) is 5.44. The highest BCUT2D eigenvalue weighted by molar-refractivity contribution is 5.79. The van der Waals surface area contributed by atoms with E-state index in [0.717, 1.165) is 23.1 Å². The Labute approximate surface area is 123 Å². The van der Waals surface area contributed by atoms with E-state index in [1.807, 2.05) is 42.5 Å². The standard InChI is InChI=1S/C18H16N2O/c19-18-15-6-2-1-4-13(15)10-17(18)21-14-8-7-12-5-3-9-20-16(12)11-14/h1-9,11,17-18H,10,19H2. The van der Waals surface area contributed by atoms with Gasteiger partial charge in [-0.25, -0.2) is 0 Å². The highest BCUT2D eigenvalue weighted by Gasteiger charge is 2.30. The van der Waals surface area contributed by atoms with Crippen molar-refractivity contribution in [3.8, 4) is 5.75 Å². The maximum Gasteiger partial charge on any atom is 0.122 e. The van der Waals surface area contributed by atoms with Gasteiger partial charge in [0.1, 0.15) is 11.9 Å². The van der Waals surface area contributed by atoms with Crippen molar-refractivity contribution in [2.24, 2.45) is 5.73 Å². The van der Waals surface area contributed by atoms with Crippen LogP contribution in [0.15, 0.2) is 60.8 Å². The molecule has 0 bridgehead atoms. The molecule has 1 aliphatic carbocycles. The van der Waals surface area contributed by atoms with Crippen molar-refractivity contribution in [1.82, 2.24) is 4.98 Å². The van der Waals surface area contributed by atoms with E-state index in [0.29, 0.717) is 0 Å². The fourth-order valence-corrected chi connectivity index (χ4v) is 3.00. The van der Waals surface area contributed by atoms with E-state index in [2.05, 4.69) is 17.1 Å². The van der Waals surface area contributed by atoms with E-state index in [4.69, 9.17) is 10.5 Å². The molecule has 1 heterocycles. The van der Waals surface area contributed by atoms with Gasteiger partial charge in [0.05, 0.1) is 11.6 Å². The molecule has 21 heavy (non-hydrogen) atoms. The summed E-state index contributed by atoms with van der Waals surface area (Å²) >= 11 is 0. The Morgan fingerprint density at radius 2 is 1.95 bits per heavy atom. The third-order valence-electron chi connectivity index (χ3n) is 4.10. The Balaban J connectivity index is 1.61. The van der Waals surface area contributed by atoms with Crippen molar-refractivity contribution < 1.29 is 4.74 Å².